The van der Waals surface area contributed by atoms with Gasteiger partial charge in [-0.2, -0.15) is 0 Å². The number of allylic oxidation sites excluding steroid dienone is 3. The number of nitrogens with zero attached hydrogens (tertiary/aromatic N) is 1. The molecule has 0 unspecified atom stereocenters. The highest BCUT2D eigenvalue weighted by atomic mass is 32.2. The van der Waals surface area contributed by atoms with Crippen molar-refractivity contribution in [2.45, 2.75) is 37.6 Å². The van der Waals surface area contributed by atoms with Gasteiger partial charge in [0.1, 0.15) is 6.54 Å². The third kappa shape index (κ3) is 4.32. The summed E-state index contributed by atoms with van der Waals surface area (Å²) in [6.07, 6.45) is 5.67. The van der Waals surface area contributed by atoms with E-state index in [9.17, 15) is 18.3 Å². The van der Waals surface area contributed by atoms with Gasteiger partial charge in [-0.1, -0.05) is 60.7 Å². The van der Waals surface area contributed by atoms with Gasteiger partial charge in [0.2, 0.25) is 9.84 Å². The molecule has 1 aliphatic carbocycles. The summed E-state index contributed by atoms with van der Waals surface area (Å²) >= 11 is 0. The Bertz CT molecular complexity index is 1300. The minimum absolute atomic E-state index is 0.153. The maximum Gasteiger partial charge on any atom is 0.323 e. The Morgan fingerprint density at radius 3 is 2.25 bits per heavy atom. The maximum absolute atomic E-state index is 13.4. The summed E-state index contributed by atoms with van der Waals surface area (Å²) in [6, 6.07) is 20.1. The van der Waals surface area contributed by atoms with Crippen molar-refractivity contribution in [3.63, 3.8) is 0 Å². The molecule has 0 radical (unpaired) electrons. The van der Waals surface area contributed by atoms with Gasteiger partial charge in [0.15, 0.2) is 0 Å². The van der Waals surface area contributed by atoms with Crippen LogP contribution < -0.4 is 0 Å². The van der Waals surface area contributed by atoms with E-state index in [1.165, 1.54) is 0 Å². The first kappa shape index (κ1) is 21.8. The third-order valence-corrected chi connectivity index (χ3v) is 7.55. The summed E-state index contributed by atoms with van der Waals surface area (Å²) in [5.41, 5.74) is 4.22. The Morgan fingerprint density at radius 2 is 1.59 bits per heavy atom. The number of aryl methyl sites for hydroxylation is 1. The van der Waals surface area contributed by atoms with E-state index in [4.69, 9.17) is 0 Å². The molecule has 4 rings (SSSR count). The Morgan fingerprint density at radius 1 is 0.969 bits per heavy atom. The summed E-state index contributed by atoms with van der Waals surface area (Å²) in [7, 11) is -3.64. The van der Waals surface area contributed by atoms with Gasteiger partial charge in [-0.15, -0.1) is 0 Å². The van der Waals surface area contributed by atoms with Gasteiger partial charge in [0.25, 0.3) is 0 Å². The molecule has 2 aromatic carbocycles. The van der Waals surface area contributed by atoms with Crippen molar-refractivity contribution in [2.24, 2.45) is 0 Å². The van der Waals surface area contributed by atoms with Crippen LogP contribution in [0.25, 0.3) is 11.3 Å². The summed E-state index contributed by atoms with van der Waals surface area (Å²) < 4.78 is 28.5. The Labute approximate surface area is 188 Å². The van der Waals surface area contributed by atoms with Crippen LogP contribution in [0.1, 0.15) is 24.1 Å². The fourth-order valence-corrected chi connectivity index (χ4v) is 5.84. The van der Waals surface area contributed by atoms with Crippen LogP contribution >= 0.6 is 0 Å². The molecule has 5 nitrogen and oxygen atoms in total. The van der Waals surface area contributed by atoms with Gasteiger partial charge in [0, 0.05) is 12.1 Å². The monoisotopic (exact) mass is 447 g/mol. The first-order chi connectivity index (χ1) is 15.4. The smallest absolute Gasteiger partial charge is 0.323 e. The van der Waals surface area contributed by atoms with Gasteiger partial charge in [-0.3, -0.25) is 4.79 Å². The van der Waals surface area contributed by atoms with E-state index in [1.807, 2.05) is 49.4 Å². The molecular weight excluding hydrogens is 422 g/mol. The van der Waals surface area contributed by atoms with Crippen molar-refractivity contribution in [3.8, 4) is 11.3 Å². The molecule has 0 saturated carbocycles. The third-order valence-electron chi connectivity index (χ3n) is 5.65. The molecule has 6 heteroatoms. The van der Waals surface area contributed by atoms with E-state index >= 15 is 0 Å². The molecule has 3 aromatic rings. The molecular formula is C26H25NO4S. The summed E-state index contributed by atoms with van der Waals surface area (Å²) in [4.78, 5) is 12.1. The van der Waals surface area contributed by atoms with Gasteiger partial charge in [-0.05, 0) is 54.7 Å². The van der Waals surface area contributed by atoms with Crippen LogP contribution in [0.3, 0.4) is 0 Å². The fraction of sp³-hybridized carbons (Fsp3) is 0.192. The van der Waals surface area contributed by atoms with Crippen molar-refractivity contribution in [3.05, 3.63) is 101 Å². The molecule has 164 valence electrons. The van der Waals surface area contributed by atoms with Gasteiger partial charge < -0.3 is 9.67 Å². The number of sulfone groups is 1. The molecule has 0 atom stereocenters. The number of carbonyl (C=O) groups is 1. The second-order valence-electron chi connectivity index (χ2n) is 7.87. The average Bonchev–Trinajstić information content (AvgIpc) is 3.09. The number of aliphatic carboxylic acids is 1. The van der Waals surface area contributed by atoms with Crippen molar-refractivity contribution in [1.82, 2.24) is 4.57 Å². The molecule has 1 aliphatic rings. The zero-order valence-electron chi connectivity index (χ0n) is 17.9. The van der Waals surface area contributed by atoms with E-state index in [-0.39, 0.29) is 11.4 Å². The second kappa shape index (κ2) is 9.01. The molecule has 0 bridgehead atoms. The molecule has 1 N–H and O–H groups in total. The molecule has 0 amide bonds. The first-order valence-corrected chi connectivity index (χ1v) is 12.0. The van der Waals surface area contributed by atoms with Crippen molar-refractivity contribution in [2.75, 3.05) is 0 Å². The maximum atomic E-state index is 13.4. The number of benzene rings is 2. The SMILES string of the molecule is Cc1cc(CC2=CCCC=C2S(=O)(=O)c2ccccc2)c(-c2ccccc2)n1CC(=O)O. The number of rotatable bonds is 7. The Hall–Kier alpha value is -3.38. The number of aromatic nitrogens is 1. The molecule has 32 heavy (non-hydrogen) atoms. The first-order valence-electron chi connectivity index (χ1n) is 10.5. The van der Waals surface area contributed by atoms with E-state index in [2.05, 4.69) is 0 Å². The lowest BCUT2D eigenvalue weighted by molar-refractivity contribution is -0.137. The van der Waals surface area contributed by atoms with E-state index in [0.717, 1.165) is 34.5 Å². The highest BCUT2D eigenvalue weighted by molar-refractivity contribution is 7.95. The van der Waals surface area contributed by atoms with Crippen LogP contribution in [0, 0.1) is 6.92 Å². The number of hydrogen-bond acceptors (Lipinski definition) is 3. The standard InChI is InChI=1S/C26H25NO4S/c1-19-16-22(26(27(19)18-25(28)29)20-10-4-2-5-11-20)17-21-12-8-9-15-24(21)32(30,31)23-13-6-3-7-14-23/h2-7,10-16H,8-9,17-18H2,1H3,(H,28,29). The molecule has 0 saturated heterocycles. The van der Waals surface area contributed by atoms with E-state index in [1.54, 1.807) is 41.0 Å². The van der Waals surface area contributed by atoms with Crippen LogP contribution in [0.2, 0.25) is 0 Å². The van der Waals surface area contributed by atoms with Gasteiger partial charge in [0.05, 0.1) is 15.5 Å². The topological polar surface area (TPSA) is 76.4 Å². The summed E-state index contributed by atoms with van der Waals surface area (Å²) in [6.45, 7) is 1.73. The normalized spacial score (nSPS) is 14.0. The minimum atomic E-state index is -3.64. The van der Waals surface area contributed by atoms with E-state index in [0.29, 0.717) is 17.7 Å². The summed E-state index contributed by atoms with van der Waals surface area (Å²) in [5, 5.41) is 9.45. The van der Waals surface area contributed by atoms with Crippen molar-refractivity contribution in [1.29, 1.82) is 0 Å². The second-order valence-corrected chi connectivity index (χ2v) is 9.79. The lowest BCUT2D eigenvalue weighted by atomic mass is 9.97. The fourth-order valence-electron chi connectivity index (χ4n) is 4.24. The number of hydrogen-bond donors (Lipinski definition) is 1. The molecule has 0 spiro atoms. The molecule has 1 aromatic heterocycles. The van der Waals surface area contributed by atoms with Crippen molar-refractivity contribution < 1.29 is 18.3 Å². The lowest BCUT2D eigenvalue weighted by Gasteiger charge is -2.18. The number of carboxylic acid groups (broad SMARTS) is 1. The predicted molar refractivity (Wildman–Crippen MR) is 125 cm³/mol. The van der Waals surface area contributed by atoms with Crippen molar-refractivity contribution >= 4 is 15.8 Å². The van der Waals surface area contributed by atoms with Gasteiger partial charge in [-0.25, -0.2) is 8.42 Å². The van der Waals surface area contributed by atoms with E-state index < -0.39 is 15.8 Å². The molecule has 0 aliphatic heterocycles. The molecule has 0 fully saturated rings. The molecule has 1 heterocycles. The quantitative estimate of drug-likeness (QED) is 0.542. The summed E-state index contributed by atoms with van der Waals surface area (Å²) in [5.74, 6) is -0.920. The number of carboxylic acids is 1. The lowest BCUT2D eigenvalue weighted by Crippen LogP contribution is -2.13. The predicted octanol–water partition coefficient (Wildman–Crippen LogP) is 5.17. The Kier molecular flexibility index (Phi) is 6.15. The average molecular weight is 448 g/mol. The largest absolute Gasteiger partial charge is 0.480 e. The zero-order valence-corrected chi connectivity index (χ0v) is 18.7. The Balaban J connectivity index is 1.78. The van der Waals surface area contributed by atoms with Crippen LogP contribution in [0.4, 0.5) is 0 Å². The van der Waals surface area contributed by atoms with Crippen LogP contribution in [0.5, 0.6) is 0 Å². The van der Waals surface area contributed by atoms with Gasteiger partial charge >= 0.3 is 5.97 Å². The van der Waals surface area contributed by atoms with Crippen LogP contribution in [-0.2, 0) is 27.6 Å². The van der Waals surface area contributed by atoms with Crippen LogP contribution in [0.15, 0.2) is 94.3 Å². The highest BCUT2D eigenvalue weighted by Gasteiger charge is 2.27. The van der Waals surface area contributed by atoms with Crippen LogP contribution in [-0.4, -0.2) is 24.1 Å². The minimum Gasteiger partial charge on any atom is -0.480 e. The highest BCUT2D eigenvalue weighted by Crippen LogP contribution is 2.35. The zero-order chi connectivity index (χ0) is 22.7.